The fraction of sp³-hybridized carbons (Fsp3) is 0.200. The van der Waals surface area contributed by atoms with Crippen molar-refractivity contribution in [1.82, 2.24) is 9.97 Å². The van der Waals surface area contributed by atoms with Crippen molar-refractivity contribution in [2.45, 2.75) is 19.5 Å². The number of benzene rings is 1. The van der Waals surface area contributed by atoms with Gasteiger partial charge >= 0.3 is 6.18 Å². The molecule has 3 heterocycles. The number of ether oxygens (including phenoxy) is 1. The van der Waals surface area contributed by atoms with Crippen LogP contribution in [0.25, 0.3) is 33.5 Å². The van der Waals surface area contributed by atoms with Crippen LogP contribution in [0.15, 0.2) is 47.0 Å². The number of hydrogen-bond acceptors (Lipinski definition) is 4. The Morgan fingerprint density at radius 3 is 2.48 bits per heavy atom. The molecule has 0 spiro atoms. The second-order valence-electron chi connectivity index (χ2n) is 6.04. The molecular weight excluding hydrogens is 357 g/mol. The molecule has 0 N–H and O–H groups in total. The van der Waals surface area contributed by atoms with Crippen LogP contribution in [0.3, 0.4) is 0 Å². The SMILES string of the molecule is CCc1c(-c2ccc(C(F)(F)F)cc2)nc2c(oc3ncccc32)c1OC. The largest absolute Gasteiger partial charge is 0.492 e. The first-order valence-corrected chi connectivity index (χ1v) is 8.35. The normalized spacial score (nSPS) is 12.0. The molecule has 0 saturated heterocycles. The Balaban J connectivity index is 2.00. The minimum absolute atomic E-state index is 0.435. The highest BCUT2D eigenvalue weighted by atomic mass is 19.4. The number of halogens is 3. The number of furan rings is 1. The summed E-state index contributed by atoms with van der Waals surface area (Å²) in [5, 5.41) is 0.724. The first-order chi connectivity index (χ1) is 12.9. The number of nitrogens with zero attached hydrogens (tertiary/aromatic N) is 2. The van der Waals surface area contributed by atoms with Crippen molar-refractivity contribution < 1.29 is 22.3 Å². The van der Waals surface area contributed by atoms with Gasteiger partial charge in [-0.25, -0.2) is 9.97 Å². The summed E-state index contributed by atoms with van der Waals surface area (Å²) in [4.78, 5) is 8.91. The Bertz CT molecular complexity index is 1130. The summed E-state index contributed by atoms with van der Waals surface area (Å²) >= 11 is 0. The Labute approximate surface area is 152 Å². The number of rotatable bonds is 3. The molecule has 0 aliphatic carbocycles. The summed E-state index contributed by atoms with van der Waals surface area (Å²) < 4.78 is 50.0. The maximum atomic E-state index is 12.9. The number of pyridine rings is 2. The van der Waals surface area contributed by atoms with Gasteiger partial charge in [0.2, 0.25) is 5.71 Å². The van der Waals surface area contributed by atoms with E-state index in [4.69, 9.17) is 14.1 Å². The van der Waals surface area contributed by atoms with Crippen LogP contribution in [0, 0.1) is 0 Å². The van der Waals surface area contributed by atoms with E-state index in [-0.39, 0.29) is 0 Å². The van der Waals surface area contributed by atoms with E-state index in [2.05, 4.69) is 4.98 Å². The highest BCUT2D eigenvalue weighted by Crippen LogP contribution is 2.40. The predicted octanol–water partition coefficient (Wildman–Crippen LogP) is 5.63. The average Bonchev–Trinajstić information content (AvgIpc) is 3.04. The van der Waals surface area contributed by atoms with Crippen molar-refractivity contribution in [3.63, 3.8) is 0 Å². The van der Waals surface area contributed by atoms with Crippen molar-refractivity contribution in [3.05, 3.63) is 53.7 Å². The van der Waals surface area contributed by atoms with E-state index in [9.17, 15) is 13.2 Å². The molecule has 0 amide bonds. The van der Waals surface area contributed by atoms with Gasteiger partial charge in [-0.15, -0.1) is 0 Å². The first-order valence-electron chi connectivity index (χ1n) is 8.35. The maximum Gasteiger partial charge on any atom is 0.416 e. The van der Waals surface area contributed by atoms with Gasteiger partial charge in [0.05, 0.1) is 23.8 Å². The lowest BCUT2D eigenvalue weighted by atomic mass is 10.0. The quantitative estimate of drug-likeness (QED) is 0.467. The van der Waals surface area contributed by atoms with Gasteiger partial charge in [0.1, 0.15) is 5.52 Å². The molecule has 3 aromatic heterocycles. The van der Waals surface area contributed by atoms with Crippen molar-refractivity contribution in [1.29, 1.82) is 0 Å². The fourth-order valence-corrected chi connectivity index (χ4v) is 3.21. The molecule has 4 rings (SSSR count). The van der Waals surface area contributed by atoms with E-state index in [1.54, 1.807) is 12.3 Å². The molecule has 4 nitrogen and oxygen atoms in total. The van der Waals surface area contributed by atoms with E-state index in [1.807, 2.05) is 13.0 Å². The summed E-state index contributed by atoms with van der Waals surface area (Å²) in [5.74, 6) is 0.524. The number of methoxy groups -OCH3 is 1. The topological polar surface area (TPSA) is 48.2 Å². The molecule has 138 valence electrons. The van der Waals surface area contributed by atoms with Crippen LogP contribution in [0.2, 0.25) is 0 Å². The third-order valence-electron chi connectivity index (χ3n) is 4.47. The van der Waals surface area contributed by atoms with Crippen molar-refractivity contribution >= 4 is 22.2 Å². The Hall–Kier alpha value is -3.09. The Kier molecular flexibility index (Phi) is 4.02. The van der Waals surface area contributed by atoms with Crippen LogP contribution in [0.5, 0.6) is 5.75 Å². The molecule has 7 heteroatoms. The number of aromatic nitrogens is 2. The average molecular weight is 372 g/mol. The van der Waals surface area contributed by atoms with Crippen LogP contribution in [-0.4, -0.2) is 17.1 Å². The monoisotopic (exact) mass is 372 g/mol. The summed E-state index contributed by atoms with van der Waals surface area (Å²) in [7, 11) is 1.53. The third kappa shape index (κ3) is 2.79. The van der Waals surface area contributed by atoms with E-state index < -0.39 is 11.7 Å². The summed E-state index contributed by atoms with van der Waals surface area (Å²) in [6.45, 7) is 1.93. The summed E-state index contributed by atoms with van der Waals surface area (Å²) in [6.07, 6.45) is -2.19. The van der Waals surface area contributed by atoms with E-state index in [0.717, 1.165) is 23.1 Å². The van der Waals surface area contributed by atoms with Gasteiger partial charge in [-0.05, 0) is 30.7 Å². The summed E-state index contributed by atoms with van der Waals surface area (Å²) in [6, 6.07) is 8.58. The number of alkyl halides is 3. The van der Waals surface area contributed by atoms with Crippen LogP contribution in [0.1, 0.15) is 18.1 Å². The molecule has 0 unspecified atom stereocenters. The zero-order valence-electron chi connectivity index (χ0n) is 14.6. The molecule has 4 aromatic rings. The van der Waals surface area contributed by atoms with Gasteiger partial charge in [-0.2, -0.15) is 13.2 Å². The van der Waals surface area contributed by atoms with Gasteiger partial charge < -0.3 is 9.15 Å². The van der Waals surface area contributed by atoms with Crippen LogP contribution in [-0.2, 0) is 12.6 Å². The second-order valence-corrected chi connectivity index (χ2v) is 6.04. The zero-order valence-corrected chi connectivity index (χ0v) is 14.6. The number of fused-ring (bicyclic) bond motifs is 3. The molecule has 0 aliphatic rings. The highest BCUT2D eigenvalue weighted by molar-refractivity contribution is 6.04. The van der Waals surface area contributed by atoms with E-state index in [0.29, 0.717) is 40.2 Å². The lowest BCUT2D eigenvalue weighted by Crippen LogP contribution is -2.04. The minimum atomic E-state index is -4.38. The Morgan fingerprint density at radius 2 is 1.85 bits per heavy atom. The molecule has 0 atom stereocenters. The van der Waals surface area contributed by atoms with Gasteiger partial charge in [0, 0.05) is 17.3 Å². The van der Waals surface area contributed by atoms with Crippen molar-refractivity contribution in [2.75, 3.05) is 7.11 Å². The maximum absolute atomic E-state index is 12.9. The van der Waals surface area contributed by atoms with Gasteiger partial charge in [-0.1, -0.05) is 19.1 Å². The molecule has 1 aromatic carbocycles. The smallest absolute Gasteiger partial charge is 0.416 e. The molecule has 0 aliphatic heterocycles. The van der Waals surface area contributed by atoms with Gasteiger partial charge in [-0.3, -0.25) is 0 Å². The highest BCUT2D eigenvalue weighted by Gasteiger charge is 2.30. The van der Waals surface area contributed by atoms with Crippen LogP contribution < -0.4 is 4.74 Å². The molecular formula is C20H15F3N2O2. The van der Waals surface area contributed by atoms with Gasteiger partial charge in [0.25, 0.3) is 0 Å². The minimum Gasteiger partial charge on any atom is -0.492 e. The van der Waals surface area contributed by atoms with Crippen LogP contribution >= 0.6 is 0 Å². The zero-order chi connectivity index (χ0) is 19.2. The van der Waals surface area contributed by atoms with E-state index >= 15 is 0 Å². The summed E-state index contributed by atoms with van der Waals surface area (Å²) in [5.41, 5.74) is 2.71. The Morgan fingerprint density at radius 1 is 1.11 bits per heavy atom. The van der Waals surface area contributed by atoms with Gasteiger partial charge in [0.15, 0.2) is 11.3 Å². The number of hydrogen-bond donors (Lipinski definition) is 0. The molecule has 0 saturated carbocycles. The molecule has 27 heavy (non-hydrogen) atoms. The van der Waals surface area contributed by atoms with Crippen molar-refractivity contribution in [3.8, 4) is 17.0 Å². The molecule has 0 radical (unpaired) electrons. The molecule has 0 bridgehead atoms. The predicted molar refractivity (Wildman–Crippen MR) is 95.7 cm³/mol. The van der Waals surface area contributed by atoms with E-state index in [1.165, 1.54) is 19.2 Å². The van der Waals surface area contributed by atoms with Crippen molar-refractivity contribution in [2.24, 2.45) is 0 Å². The third-order valence-corrected chi connectivity index (χ3v) is 4.47. The molecule has 0 fully saturated rings. The fourth-order valence-electron chi connectivity index (χ4n) is 3.21. The lowest BCUT2D eigenvalue weighted by molar-refractivity contribution is -0.137. The lowest BCUT2D eigenvalue weighted by Gasteiger charge is -2.13. The standard InChI is InChI=1S/C20H15F3N2O2/c1-3-13-15(11-6-8-12(9-7-11)20(21,22)23)25-16-14-5-4-10-24-19(14)27-18(16)17(13)26-2/h4-10H,3H2,1-2H3. The second kappa shape index (κ2) is 6.26. The van der Waals surface area contributed by atoms with Crippen LogP contribution in [0.4, 0.5) is 13.2 Å². The first kappa shape index (κ1) is 17.3.